The minimum absolute atomic E-state index is 0. The summed E-state index contributed by atoms with van der Waals surface area (Å²) in [7, 11) is 4.49. The van der Waals surface area contributed by atoms with Crippen molar-refractivity contribution in [2.45, 2.75) is 177 Å². The molecule has 0 N–H and O–H groups in total. The maximum Gasteiger partial charge on any atom is 0.0845 e. The van der Waals surface area contributed by atoms with Crippen LogP contribution in [0.2, 0.25) is 58.9 Å². The Morgan fingerprint density at radius 3 is 0.714 bits per heavy atom. The van der Waals surface area contributed by atoms with Crippen LogP contribution in [0.1, 0.15) is 140 Å². The molecule has 0 bridgehead atoms. The van der Waals surface area contributed by atoms with Gasteiger partial charge in [0.1, 0.15) is 0 Å². The van der Waals surface area contributed by atoms with Crippen LogP contribution in [0.3, 0.4) is 0 Å². The van der Waals surface area contributed by atoms with Crippen LogP contribution < -0.4 is 0 Å². The van der Waals surface area contributed by atoms with Gasteiger partial charge in [-0.15, -0.1) is 24.2 Å². The average molecular weight is 1140 g/mol. The molecule has 3 aromatic rings. The molecule has 15 heteroatoms. The number of nitrogens with zero attached hydrogens (tertiary/aromatic N) is 9. The molecule has 5 rings (SSSR count). The van der Waals surface area contributed by atoms with Crippen LogP contribution in [-0.4, -0.2) is 114 Å². The molecule has 0 atom stereocenters. The van der Waals surface area contributed by atoms with Crippen molar-refractivity contribution >= 4 is 58.5 Å². The van der Waals surface area contributed by atoms with Gasteiger partial charge in [0.25, 0.3) is 0 Å². The summed E-state index contributed by atoms with van der Waals surface area (Å²) in [5.41, 5.74) is 11.6. The minimum atomic E-state index is -0.861. The largest absolute Gasteiger partial charge is 0.342 e. The van der Waals surface area contributed by atoms with E-state index in [2.05, 4.69) is 141 Å². The predicted molar refractivity (Wildman–Crippen MR) is 310 cm³/mol. The molecule has 0 saturated heterocycles. The average Bonchev–Trinajstić information content (AvgIpc) is 3.27. The van der Waals surface area contributed by atoms with E-state index in [1.165, 1.54) is 64.2 Å². The zero-order valence-electron chi connectivity index (χ0n) is 47.1. The van der Waals surface area contributed by atoms with Gasteiger partial charge in [-0.3, -0.25) is 30.0 Å². The van der Waals surface area contributed by atoms with Crippen LogP contribution in [0, 0.1) is 19.6 Å². The summed E-state index contributed by atoms with van der Waals surface area (Å²) in [6, 6.07) is 19.0. The molecule has 3 radical (unpaired) electrons. The van der Waals surface area contributed by atoms with E-state index < -0.39 is 24.2 Å². The van der Waals surface area contributed by atoms with Gasteiger partial charge in [0.15, 0.2) is 0 Å². The number of rotatable bonds is 8. The summed E-state index contributed by atoms with van der Waals surface area (Å²) < 4.78 is 0. The van der Waals surface area contributed by atoms with Crippen molar-refractivity contribution in [1.29, 1.82) is 0 Å². The molecule has 0 amide bonds. The summed E-state index contributed by atoms with van der Waals surface area (Å²) in [6.45, 7) is 43.7. The summed E-state index contributed by atoms with van der Waals surface area (Å²) in [6.07, 6.45) is 13.0. The van der Waals surface area contributed by atoms with Gasteiger partial charge in [0.05, 0.1) is 80.5 Å². The predicted octanol–water partition coefficient (Wildman–Crippen LogP) is 14.4. The zero-order valence-corrected chi connectivity index (χ0v) is 53.2. The van der Waals surface area contributed by atoms with Crippen molar-refractivity contribution in [1.82, 2.24) is 15.0 Å². The summed E-state index contributed by atoms with van der Waals surface area (Å²) in [4.78, 5) is 40.0. The number of hydrogen-bond acceptors (Lipinski definition) is 9. The molecule has 401 valence electrons. The van der Waals surface area contributed by atoms with Crippen molar-refractivity contribution in [2.24, 2.45) is 30.0 Å². The van der Waals surface area contributed by atoms with Crippen LogP contribution in [0.25, 0.3) is 0 Å². The van der Waals surface area contributed by atoms with E-state index in [9.17, 15) is 0 Å². The molecule has 0 unspecified atom stereocenters. The van der Waals surface area contributed by atoms with Crippen LogP contribution in [0.4, 0.5) is 0 Å². The van der Waals surface area contributed by atoms with E-state index in [0.29, 0.717) is 12.1 Å². The Labute approximate surface area is 463 Å². The molecule has 70 heavy (non-hydrogen) atoms. The Kier molecular flexibility index (Phi) is 41.5. The Bertz CT molecular complexity index is 1830. The molecule has 2 saturated carbocycles. The van der Waals surface area contributed by atoms with E-state index in [0.717, 1.165) is 68.4 Å². The van der Waals surface area contributed by atoms with Crippen LogP contribution >= 0.6 is 0 Å². The first-order chi connectivity index (χ1) is 31.1. The molecule has 9 nitrogen and oxygen atoms in total. The topological polar surface area (TPSA) is 113 Å². The van der Waals surface area contributed by atoms with Gasteiger partial charge in [0, 0.05) is 78.5 Å². The standard InChI is InChI=1S/C21H31N3.2C11H15N3.3C4H11Si.3Co/c1-16(22-18-10-5-3-6-11-18)20-14-9-15-21(24-20)17(2)23-19-12-7-4-8-13-19;2*1-8(12-3)10-6-5-7-11(14-10)9(2)13-4;3*1-5(2,3)4;;;/h9,14-15,18-19H,3-8,10-13H2,1-2H3;2*5-7H,1-4H3;3*1H2,2-4H3;;;/q;;;3*-1;;;. The van der Waals surface area contributed by atoms with E-state index in [4.69, 9.17) is 15.0 Å². The summed E-state index contributed by atoms with van der Waals surface area (Å²) >= 11 is 0. The fourth-order valence-electron chi connectivity index (χ4n) is 6.07. The minimum Gasteiger partial charge on any atom is -0.342 e. The maximum absolute atomic E-state index is 4.94. The normalized spacial score (nSPS) is 15.3. The second-order valence-corrected chi connectivity index (χ2v) is 36.5. The van der Waals surface area contributed by atoms with Gasteiger partial charge in [-0.25, -0.2) is 15.0 Å². The third-order valence-electron chi connectivity index (χ3n) is 9.71. The van der Waals surface area contributed by atoms with E-state index in [-0.39, 0.29) is 50.3 Å². The number of hydrogen-bond donors (Lipinski definition) is 0. The van der Waals surface area contributed by atoms with Gasteiger partial charge in [0.2, 0.25) is 0 Å². The molecular formula is C55H94Co3N9Si3-3. The fraction of sp³-hybridized carbons (Fsp3) is 0.564. The van der Waals surface area contributed by atoms with Crippen molar-refractivity contribution in [3.63, 3.8) is 0 Å². The number of pyridine rings is 3. The van der Waals surface area contributed by atoms with E-state index in [1.807, 2.05) is 64.1 Å². The van der Waals surface area contributed by atoms with Gasteiger partial charge >= 0.3 is 0 Å². The van der Waals surface area contributed by atoms with E-state index >= 15 is 0 Å². The molecule has 3 aromatic heterocycles. The van der Waals surface area contributed by atoms with Crippen molar-refractivity contribution in [2.75, 3.05) is 28.2 Å². The molecule has 2 fully saturated rings. The van der Waals surface area contributed by atoms with Crippen molar-refractivity contribution < 1.29 is 50.3 Å². The number of aromatic nitrogens is 3. The zero-order chi connectivity index (χ0) is 51.4. The van der Waals surface area contributed by atoms with Crippen LogP contribution in [-0.2, 0) is 50.3 Å². The first-order valence-corrected chi connectivity index (χ1v) is 35.5. The second kappa shape index (κ2) is 39.1. The van der Waals surface area contributed by atoms with Gasteiger partial charge in [-0.2, -0.15) is 0 Å². The third kappa shape index (κ3) is 39.2. The summed E-state index contributed by atoms with van der Waals surface area (Å²) in [5.74, 6) is 0. The van der Waals surface area contributed by atoms with E-state index in [1.54, 1.807) is 28.2 Å². The molecule has 0 aliphatic heterocycles. The van der Waals surface area contributed by atoms with Crippen LogP contribution in [0.15, 0.2) is 84.6 Å². The van der Waals surface area contributed by atoms with Gasteiger partial charge < -0.3 is 19.6 Å². The number of aliphatic imine (C=N–C) groups is 6. The van der Waals surface area contributed by atoms with Gasteiger partial charge in [-0.05, 0) is 104 Å². The molecule has 2 aliphatic carbocycles. The Morgan fingerprint density at radius 2 is 0.543 bits per heavy atom. The molecule has 3 heterocycles. The van der Waals surface area contributed by atoms with Crippen molar-refractivity contribution in [3.8, 4) is 0 Å². The maximum atomic E-state index is 4.94. The van der Waals surface area contributed by atoms with Crippen LogP contribution in [0.5, 0.6) is 0 Å². The van der Waals surface area contributed by atoms with Gasteiger partial charge in [-0.1, -0.05) is 116 Å². The molecule has 0 spiro atoms. The Hall–Kier alpha value is -2.36. The fourth-order valence-corrected chi connectivity index (χ4v) is 6.07. The first kappa shape index (κ1) is 74.2. The third-order valence-corrected chi connectivity index (χ3v) is 9.71. The molecule has 2 aliphatic rings. The smallest absolute Gasteiger partial charge is 0.0845 e. The quantitative estimate of drug-likeness (QED) is 0.127. The SMILES string of the molecule is CC(=NC1CCCCC1)c1cccc(C(C)=NC2CCCCC2)n1.CN=C(C)c1cccc(C(C)=NC)n1.CN=C(C)c1cccc(C(C)=NC)n1.[CH2-][Si](C)(C)C.[CH2-][Si](C)(C)C.[CH2-][Si](C)(C)C.[Co].[Co].[Co]. The molecule has 0 aromatic carbocycles. The van der Waals surface area contributed by atoms with Crippen molar-refractivity contribution in [3.05, 3.63) is 108 Å². The Balaban J connectivity index is -0.000000412. The monoisotopic (exact) mass is 1140 g/mol. The second-order valence-electron chi connectivity index (χ2n) is 21.2. The first-order valence-electron chi connectivity index (χ1n) is 24.4. The Morgan fingerprint density at radius 1 is 0.371 bits per heavy atom. The summed E-state index contributed by atoms with van der Waals surface area (Å²) in [5, 5.41) is 0. The molecular weight excluding hydrogens is 1050 g/mol.